The van der Waals surface area contributed by atoms with Gasteiger partial charge in [-0.05, 0) is 18.2 Å². The fourth-order valence-electron chi connectivity index (χ4n) is 1.62. The molecule has 1 heterocycles. The minimum absolute atomic E-state index is 0.0461. The Labute approximate surface area is 113 Å². The van der Waals surface area contributed by atoms with Crippen LogP contribution in [0.5, 0.6) is 0 Å². The molecule has 0 saturated heterocycles. The second kappa shape index (κ2) is 4.76. The first kappa shape index (κ1) is 13.1. The maximum Gasteiger partial charge on any atom is 0.353 e. The smallest absolute Gasteiger partial charge is 0.353 e. The van der Waals surface area contributed by atoms with E-state index in [1.165, 1.54) is 0 Å². The number of hydrogen-bond donors (Lipinski definition) is 2. The molecule has 0 spiro atoms. The highest BCUT2D eigenvalue weighted by molar-refractivity contribution is 6.35. The SMILES string of the molecule is O=C(O)C1(CO)CC(c2cc(Cl)cc(Cl)c2)=NO1. The molecule has 0 amide bonds. The van der Waals surface area contributed by atoms with Gasteiger partial charge in [-0.15, -0.1) is 0 Å². The minimum Gasteiger partial charge on any atom is -0.478 e. The Morgan fingerprint density at radius 3 is 2.44 bits per heavy atom. The van der Waals surface area contributed by atoms with Crippen LogP contribution in [0.15, 0.2) is 23.4 Å². The van der Waals surface area contributed by atoms with E-state index in [2.05, 4.69) is 5.16 Å². The van der Waals surface area contributed by atoms with Crippen LogP contribution in [0.25, 0.3) is 0 Å². The van der Waals surface area contributed by atoms with E-state index in [0.29, 0.717) is 21.3 Å². The van der Waals surface area contributed by atoms with Gasteiger partial charge >= 0.3 is 5.97 Å². The van der Waals surface area contributed by atoms with Crippen LogP contribution in [-0.4, -0.2) is 34.1 Å². The first-order valence-electron chi connectivity index (χ1n) is 5.02. The Kier molecular flexibility index (Phi) is 3.47. The van der Waals surface area contributed by atoms with Gasteiger partial charge in [0.1, 0.15) is 0 Å². The molecule has 7 heteroatoms. The lowest BCUT2D eigenvalue weighted by atomic mass is 9.95. The zero-order chi connectivity index (χ0) is 13.3. The first-order valence-corrected chi connectivity index (χ1v) is 5.78. The van der Waals surface area contributed by atoms with Gasteiger partial charge in [-0.2, -0.15) is 0 Å². The van der Waals surface area contributed by atoms with Crippen LogP contribution in [0.2, 0.25) is 10.0 Å². The Hall–Kier alpha value is -1.30. The molecule has 1 unspecified atom stereocenters. The Morgan fingerprint density at radius 1 is 1.39 bits per heavy atom. The van der Waals surface area contributed by atoms with Gasteiger partial charge in [-0.25, -0.2) is 4.79 Å². The molecular weight excluding hydrogens is 281 g/mol. The predicted molar refractivity (Wildman–Crippen MR) is 66.2 cm³/mol. The number of aliphatic hydroxyl groups excluding tert-OH is 1. The normalized spacial score (nSPS) is 22.5. The average molecular weight is 290 g/mol. The lowest BCUT2D eigenvalue weighted by molar-refractivity contribution is -0.167. The Balaban J connectivity index is 2.30. The number of aliphatic carboxylic acids is 1. The van der Waals surface area contributed by atoms with Crippen molar-refractivity contribution in [2.45, 2.75) is 12.0 Å². The number of carboxylic acids is 1. The van der Waals surface area contributed by atoms with Gasteiger partial charge in [-0.3, -0.25) is 0 Å². The van der Waals surface area contributed by atoms with Gasteiger partial charge in [0.05, 0.1) is 12.3 Å². The van der Waals surface area contributed by atoms with E-state index in [0.717, 1.165) is 0 Å². The Bertz CT molecular complexity index is 512. The molecule has 18 heavy (non-hydrogen) atoms. The molecular formula is C11H9Cl2NO4. The van der Waals surface area contributed by atoms with Crippen LogP contribution in [0.3, 0.4) is 0 Å². The third-order valence-electron chi connectivity index (χ3n) is 2.62. The number of halogens is 2. The second-order valence-electron chi connectivity index (χ2n) is 3.92. The largest absolute Gasteiger partial charge is 0.478 e. The standard InChI is InChI=1S/C11H9Cl2NO4/c12-7-1-6(2-8(13)3-7)9-4-11(5-15,10(16)17)18-14-9/h1-3,15H,4-5H2,(H,16,17). The van der Waals surface area contributed by atoms with Gasteiger partial charge in [0.2, 0.25) is 0 Å². The molecule has 96 valence electrons. The molecule has 1 aliphatic rings. The zero-order valence-electron chi connectivity index (χ0n) is 9.06. The fourth-order valence-corrected chi connectivity index (χ4v) is 2.15. The molecule has 0 aliphatic carbocycles. The van der Waals surface area contributed by atoms with Crippen molar-refractivity contribution in [2.24, 2.45) is 5.16 Å². The highest BCUT2D eigenvalue weighted by Crippen LogP contribution is 2.29. The molecule has 0 aromatic heterocycles. The predicted octanol–water partition coefficient (Wildman–Crippen LogP) is 1.93. The number of nitrogens with zero attached hydrogens (tertiary/aromatic N) is 1. The van der Waals surface area contributed by atoms with Crippen LogP contribution < -0.4 is 0 Å². The van der Waals surface area contributed by atoms with Crippen LogP contribution in [-0.2, 0) is 9.63 Å². The molecule has 5 nitrogen and oxygen atoms in total. The molecule has 1 atom stereocenters. The third kappa shape index (κ3) is 2.29. The molecule has 0 saturated carbocycles. The summed E-state index contributed by atoms with van der Waals surface area (Å²) in [5.74, 6) is -1.27. The van der Waals surface area contributed by atoms with E-state index in [9.17, 15) is 4.79 Å². The number of carbonyl (C=O) groups is 1. The van der Waals surface area contributed by atoms with E-state index >= 15 is 0 Å². The highest BCUT2D eigenvalue weighted by Gasteiger charge is 2.46. The van der Waals surface area contributed by atoms with E-state index in [1.807, 2.05) is 0 Å². The van der Waals surface area contributed by atoms with Crippen LogP contribution in [0, 0.1) is 0 Å². The highest BCUT2D eigenvalue weighted by atomic mass is 35.5. The molecule has 1 aliphatic heterocycles. The summed E-state index contributed by atoms with van der Waals surface area (Å²) in [6.45, 7) is -0.663. The monoisotopic (exact) mass is 289 g/mol. The van der Waals surface area contributed by atoms with Crippen LogP contribution >= 0.6 is 23.2 Å². The fraction of sp³-hybridized carbons (Fsp3) is 0.273. The zero-order valence-corrected chi connectivity index (χ0v) is 10.6. The van der Waals surface area contributed by atoms with Crippen molar-refractivity contribution in [2.75, 3.05) is 6.61 Å². The number of carboxylic acid groups (broad SMARTS) is 1. The third-order valence-corrected chi connectivity index (χ3v) is 3.06. The number of hydrogen-bond acceptors (Lipinski definition) is 4. The molecule has 2 N–H and O–H groups in total. The molecule has 1 aromatic carbocycles. The van der Waals surface area contributed by atoms with Gasteiger partial charge in [0.15, 0.2) is 0 Å². The Morgan fingerprint density at radius 2 is 2.00 bits per heavy atom. The van der Waals surface area contributed by atoms with E-state index in [1.54, 1.807) is 18.2 Å². The van der Waals surface area contributed by atoms with E-state index in [4.69, 9.17) is 38.3 Å². The van der Waals surface area contributed by atoms with E-state index in [-0.39, 0.29) is 6.42 Å². The molecule has 0 bridgehead atoms. The summed E-state index contributed by atoms with van der Waals surface area (Å²) >= 11 is 11.7. The van der Waals surface area contributed by atoms with Gasteiger partial charge in [0.25, 0.3) is 5.60 Å². The van der Waals surface area contributed by atoms with Crippen molar-refractivity contribution in [3.8, 4) is 0 Å². The minimum atomic E-state index is -1.72. The van der Waals surface area contributed by atoms with Crippen LogP contribution in [0.4, 0.5) is 0 Å². The first-order chi connectivity index (χ1) is 8.47. The molecule has 0 fully saturated rings. The van der Waals surface area contributed by atoms with Crippen molar-refractivity contribution < 1.29 is 19.8 Å². The van der Waals surface area contributed by atoms with Gasteiger partial charge in [0, 0.05) is 22.0 Å². The lowest BCUT2D eigenvalue weighted by Crippen LogP contribution is -2.42. The van der Waals surface area contributed by atoms with Crippen LogP contribution in [0.1, 0.15) is 12.0 Å². The topological polar surface area (TPSA) is 79.1 Å². The van der Waals surface area contributed by atoms with E-state index < -0.39 is 18.2 Å². The van der Waals surface area contributed by atoms with Crippen molar-refractivity contribution >= 4 is 34.9 Å². The van der Waals surface area contributed by atoms with Crippen molar-refractivity contribution in [3.63, 3.8) is 0 Å². The number of aliphatic hydroxyl groups is 1. The second-order valence-corrected chi connectivity index (χ2v) is 4.79. The summed E-state index contributed by atoms with van der Waals surface area (Å²) in [5.41, 5.74) is -0.760. The lowest BCUT2D eigenvalue weighted by Gasteiger charge is -2.17. The quantitative estimate of drug-likeness (QED) is 0.891. The summed E-state index contributed by atoms with van der Waals surface area (Å²) in [7, 11) is 0. The van der Waals surface area contributed by atoms with Crippen molar-refractivity contribution in [1.82, 2.24) is 0 Å². The van der Waals surface area contributed by atoms with Gasteiger partial charge in [-0.1, -0.05) is 28.4 Å². The molecule has 0 radical (unpaired) electrons. The van der Waals surface area contributed by atoms with Gasteiger partial charge < -0.3 is 15.1 Å². The summed E-state index contributed by atoms with van der Waals surface area (Å²) in [6.07, 6.45) is -0.0461. The maximum atomic E-state index is 11.1. The summed E-state index contributed by atoms with van der Waals surface area (Å²) in [5, 5.41) is 22.7. The maximum absolute atomic E-state index is 11.1. The van der Waals surface area contributed by atoms with Crippen molar-refractivity contribution in [1.29, 1.82) is 0 Å². The molecule has 2 rings (SSSR count). The number of rotatable bonds is 3. The summed E-state index contributed by atoms with van der Waals surface area (Å²) in [4.78, 5) is 15.9. The number of oxime groups is 1. The number of benzene rings is 1. The summed E-state index contributed by atoms with van der Waals surface area (Å²) in [6, 6.07) is 4.76. The summed E-state index contributed by atoms with van der Waals surface area (Å²) < 4.78 is 0. The average Bonchev–Trinajstić information content (AvgIpc) is 2.73. The van der Waals surface area contributed by atoms with Crippen molar-refractivity contribution in [3.05, 3.63) is 33.8 Å². The molecule has 1 aromatic rings.